The van der Waals surface area contributed by atoms with Crippen molar-refractivity contribution in [3.8, 4) is 0 Å². The van der Waals surface area contributed by atoms with Crippen LogP contribution in [0.25, 0.3) is 0 Å². The zero-order chi connectivity index (χ0) is 19.2. The smallest absolute Gasteiger partial charge is 0.315 e. The lowest BCUT2D eigenvalue weighted by Crippen LogP contribution is -2.52. The molecule has 27 heavy (non-hydrogen) atoms. The first kappa shape index (κ1) is 20.0. The van der Waals surface area contributed by atoms with Crippen molar-refractivity contribution in [3.05, 3.63) is 0 Å². The van der Waals surface area contributed by atoms with E-state index in [1.807, 2.05) is 4.90 Å². The van der Waals surface area contributed by atoms with Gasteiger partial charge in [0, 0.05) is 31.1 Å². The van der Waals surface area contributed by atoms with Gasteiger partial charge in [0.2, 0.25) is 5.91 Å². The van der Waals surface area contributed by atoms with Crippen LogP contribution in [0.5, 0.6) is 0 Å². The van der Waals surface area contributed by atoms with Crippen LogP contribution in [0, 0.1) is 11.8 Å². The Kier molecular flexibility index (Phi) is 6.96. The van der Waals surface area contributed by atoms with Crippen molar-refractivity contribution < 1.29 is 19.5 Å². The molecule has 1 heterocycles. The summed E-state index contributed by atoms with van der Waals surface area (Å²) in [6.45, 7) is 1.28. The molecule has 3 rings (SSSR count). The van der Waals surface area contributed by atoms with Gasteiger partial charge in [-0.05, 0) is 44.9 Å². The van der Waals surface area contributed by atoms with Gasteiger partial charge >= 0.3 is 12.0 Å². The van der Waals surface area contributed by atoms with Crippen molar-refractivity contribution in [2.24, 2.45) is 11.8 Å². The minimum atomic E-state index is -0.778. The molecule has 1 aliphatic heterocycles. The van der Waals surface area contributed by atoms with Crippen molar-refractivity contribution in [1.82, 2.24) is 15.5 Å². The third-order valence-corrected chi connectivity index (χ3v) is 6.45. The number of piperidine rings is 1. The third kappa shape index (κ3) is 5.59. The largest absolute Gasteiger partial charge is 0.481 e. The van der Waals surface area contributed by atoms with Gasteiger partial charge < -0.3 is 20.6 Å². The van der Waals surface area contributed by atoms with Crippen LogP contribution in [0.3, 0.4) is 0 Å². The van der Waals surface area contributed by atoms with Crippen LogP contribution in [0.4, 0.5) is 4.79 Å². The van der Waals surface area contributed by atoms with Gasteiger partial charge in [0.15, 0.2) is 0 Å². The molecule has 2 unspecified atom stereocenters. The van der Waals surface area contributed by atoms with E-state index in [0.717, 1.165) is 38.5 Å². The Bertz CT molecular complexity index is 539. The maximum atomic E-state index is 12.7. The molecule has 152 valence electrons. The van der Waals surface area contributed by atoms with Gasteiger partial charge in [-0.2, -0.15) is 0 Å². The lowest BCUT2D eigenvalue weighted by molar-refractivity contribution is -0.145. The molecular formula is C20H33N3O4. The molecule has 7 nitrogen and oxygen atoms in total. The van der Waals surface area contributed by atoms with Crippen molar-refractivity contribution >= 4 is 17.9 Å². The van der Waals surface area contributed by atoms with Gasteiger partial charge in [-0.25, -0.2) is 4.79 Å². The molecular weight excluding hydrogens is 346 g/mol. The fourth-order valence-corrected chi connectivity index (χ4v) is 4.80. The van der Waals surface area contributed by atoms with E-state index in [4.69, 9.17) is 0 Å². The lowest BCUT2D eigenvalue weighted by atomic mass is 9.80. The molecule has 0 aromatic carbocycles. The standard InChI is InChI=1S/C20H33N3O4/c24-18(14-5-4-6-15(13-14)19(25)26)23-11-9-17(10-12-23)22-20(27)21-16-7-2-1-3-8-16/h14-17H,1-13H2,(H,25,26)(H2,21,22,27). The predicted octanol–water partition coefficient (Wildman–Crippen LogP) is 2.50. The average Bonchev–Trinajstić information content (AvgIpc) is 2.69. The number of likely N-dealkylation sites (tertiary alicyclic amines) is 1. The Morgan fingerprint density at radius 1 is 0.741 bits per heavy atom. The van der Waals surface area contributed by atoms with E-state index in [2.05, 4.69) is 10.6 Å². The average molecular weight is 380 g/mol. The minimum absolute atomic E-state index is 0.0803. The summed E-state index contributed by atoms with van der Waals surface area (Å²) < 4.78 is 0. The monoisotopic (exact) mass is 379 g/mol. The molecule has 2 aliphatic carbocycles. The number of carboxylic acid groups (broad SMARTS) is 1. The molecule has 0 radical (unpaired) electrons. The van der Waals surface area contributed by atoms with E-state index in [-0.39, 0.29) is 29.8 Å². The molecule has 3 N–H and O–H groups in total. The van der Waals surface area contributed by atoms with Crippen molar-refractivity contribution in [3.63, 3.8) is 0 Å². The molecule has 7 heteroatoms. The van der Waals surface area contributed by atoms with E-state index in [9.17, 15) is 19.5 Å². The molecule has 3 fully saturated rings. The van der Waals surface area contributed by atoms with Crippen LogP contribution in [-0.4, -0.2) is 53.1 Å². The second-order valence-electron chi connectivity index (χ2n) is 8.45. The number of nitrogens with one attached hydrogen (secondary N) is 2. The predicted molar refractivity (Wildman–Crippen MR) is 101 cm³/mol. The number of amides is 3. The molecule has 1 saturated heterocycles. The lowest BCUT2D eigenvalue weighted by Gasteiger charge is -2.36. The van der Waals surface area contributed by atoms with Crippen LogP contribution < -0.4 is 10.6 Å². The van der Waals surface area contributed by atoms with Gasteiger partial charge in [-0.3, -0.25) is 9.59 Å². The van der Waals surface area contributed by atoms with Crippen LogP contribution in [-0.2, 0) is 9.59 Å². The minimum Gasteiger partial charge on any atom is -0.481 e. The van der Waals surface area contributed by atoms with Gasteiger partial charge in [0.05, 0.1) is 5.92 Å². The topological polar surface area (TPSA) is 98.7 Å². The van der Waals surface area contributed by atoms with Crippen LogP contribution in [0.15, 0.2) is 0 Å². The summed E-state index contributed by atoms with van der Waals surface area (Å²) in [5, 5.41) is 15.4. The summed E-state index contributed by atoms with van der Waals surface area (Å²) >= 11 is 0. The maximum absolute atomic E-state index is 12.7. The molecule has 0 spiro atoms. The molecule has 2 saturated carbocycles. The van der Waals surface area contributed by atoms with Crippen LogP contribution in [0.1, 0.15) is 70.6 Å². The number of hydrogen-bond donors (Lipinski definition) is 3. The third-order valence-electron chi connectivity index (χ3n) is 6.45. The first-order valence-electron chi connectivity index (χ1n) is 10.6. The number of aliphatic carboxylic acids is 1. The van der Waals surface area contributed by atoms with Gasteiger partial charge in [-0.15, -0.1) is 0 Å². The second kappa shape index (κ2) is 9.42. The van der Waals surface area contributed by atoms with E-state index in [1.165, 1.54) is 19.3 Å². The number of hydrogen-bond acceptors (Lipinski definition) is 3. The normalized spacial score (nSPS) is 27.8. The summed E-state index contributed by atoms with van der Waals surface area (Å²) in [6.07, 6.45) is 10.1. The fourth-order valence-electron chi connectivity index (χ4n) is 4.80. The van der Waals surface area contributed by atoms with Gasteiger partial charge in [-0.1, -0.05) is 25.7 Å². The number of carbonyl (C=O) groups excluding carboxylic acids is 2. The molecule has 0 bridgehead atoms. The summed E-state index contributed by atoms with van der Waals surface area (Å²) in [6, 6.07) is 0.327. The second-order valence-corrected chi connectivity index (χ2v) is 8.45. The van der Waals surface area contributed by atoms with Crippen molar-refractivity contribution in [2.75, 3.05) is 13.1 Å². The number of urea groups is 1. The summed E-state index contributed by atoms with van der Waals surface area (Å²) in [4.78, 5) is 38.0. The highest BCUT2D eigenvalue weighted by atomic mass is 16.4. The Labute approximate surface area is 161 Å². The molecule has 0 aromatic rings. The van der Waals surface area contributed by atoms with Gasteiger partial charge in [0.1, 0.15) is 0 Å². The highest BCUT2D eigenvalue weighted by molar-refractivity contribution is 5.80. The Morgan fingerprint density at radius 2 is 1.33 bits per heavy atom. The fraction of sp³-hybridized carbons (Fsp3) is 0.850. The van der Waals surface area contributed by atoms with E-state index >= 15 is 0 Å². The SMILES string of the molecule is O=C(NC1CCCCC1)NC1CCN(C(=O)C2CCCC(C(=O)O)C2)CC1. The van der Waals surface area contributed by atoms with E-state index < -0.39 is 5.97 Å². The van der Waals surface area contributed by atoms with Gasteiger partial charge in [0.25, 0.3) is 0 Å². The summed E-state index contributed by atoms with van der Waals surface area (Å²) in [5.74, 6) is -1.21. The zero-order valence-corrected chi connectivity index (χ0v) is 16.1. The summed E-state index contributed by atoms with van der Waals surface area (Å²) in [5.41, 5.74) is 0. The number of nitrogens with zero attached hydrogens (tertiary/aromatic N) is 1. The Hall–Kier alpha value is -1.79. The van der Waals surface area contributed by atoms with E-state index in [1.54, 1.807) is 0 Å². The quantitative estimate of drug-likeness (QED) is 0.699. The van der Waals surface area contributed by atoms with E-state index in [0.29, 0.717) is 32.0 Å². The Morgan fingerprint density at radius 3 is 1.96 bits per heavy atom. The highest BCUT2D eigenvalue weighted by Gasteiger charge is 2.34. The van der Waals surface area contributed by atoms with Crippen molar-refractivity contribution in [1.29, 1.82) is 0 Å². The number of carbonyl (C=O) groups is 3. The van der Waals surface area contributed by atoms with Crippen LogP contribution >= 0.6 is 0 Å². The number of carboxylic acids is 1. The number of rotatable bonds is 4. The van der Waals surface area contributed by atoms with Crippen molar-refractivity contribution in [2.45, 2.75) is 82.7 Å². The Balaban J connectivity index is 1.39. The molecule has 2 atom stereocenters. The first-order valence-corrected chi connectivity index (χ1v) is 10.6. The molecule has 3 aliphatic rings. The first-order chi connectivity index (χ1) is 13.0. The molecule has 3 amide bonds. The highest BCUT2D eigenvalue weighted by Crippen LogP contribution is 2.31. The molecule has 0 aromatic heterocycles. The zero-order valence-electron chi connectivity index (χ0n) is 16.1. The van der Waals surface area contributed by atoms with Crippen LogP contribution in [0.2, 0.25) is 0 Å². The maximum Gasteiger partial charge on any atom is 0.315 e. The summed E-state index contributed by atoms with van der Waals surface area (Å²) in [7, 11) is 0.